The van der Waals surface area contributed by atoms with E-state index >= 15 is 0 Å². The number of aliphatic carboxylic acids is 1. The van der Waals surface area contributed by atoms with Gasteiger partial charge in [0.2, 0.25) is 5.91 Å². The van der Waals surface area contributed by atoms with Crippen LogP contribution in [0.1, 0.15) is 25.7 Å². The summed E-state index contributed by atoms with van der Waals surface area (Å²) in [4.78, 5) is 35.1. The minimum absolute atomic E-state index is 0.0310. The van der Waals surface area contributed by atoms with E-state index in [-0.39, 0.29) is 24.9 Å². The third kappa shape index (κ3) is 2.40. The lowest BCUT2D eigenvalue weighted by molar-refractivity contribution is -0.145. The van der Waals surface area contributed by atoms with E-state index in [0.29, 0.717) is 6.42 Å². The summed E-state index contributed by atoms with van der Waals surface area (Å²) in [5.74, 6) is -1.61. The fourth-order valence-corrected chi connectivity index (χ4v) is 2.63. The number of hydrogen-bond donors (Lipinski definition) is 2. The fourth-order valence-electron chi connectivity index (χ4n) is 2.63. The number of nitrogens with zero attached hydrogens (tertiary/aromatic N) is 1. The summed E-state index contributed by atoms with van der Waals surface area (Å²) < 4.78 is 0. The number of amides is 3. The number of rotatable bonds is 3. The number of carboxylic acids is 1. The topological polar surface area (TPSA) is 86.7 Å². The van der Waals surface area contributed by atoms with Crippen LogP contribution in [0, 0.1) is 11.8 Å². The van der Waals surface area contributed by atoms with Crippen molar-refractivity contribution in [2.75, 3.05) is 13.1 Å². The van der Waals surface area contributed by atoms with Gasteiger partial charge in [-0.05, 0) is 18.8 Å². The standard InChI is InChI=1S/C11H16N2O4/c14-9-5-12-11(17)13(9)6-7-3-1-2-4-8(7)10(15)16/h7-8H,1-6H2,(H,12,17)(H,15,16). The number of carbonyl (C=O) groups is 3. The van der Waals surface area contributed by atoms with Crippen molar-refractivity contribution >= 4 is 17.9 Å². The van der Waals surface area contributed by atoms with Crippen LogP contribution in [0.5, 0.6) is 0 Å². The Hall–Kier alpha value is -1.59. The van der Waals surface area contributed by atoms with Gasteiger partial charge in [-0.1, -0.05) is 12.8 Å². The number of urea groups is 1. The Morgan fingerprint density at radius 2 is 2.06 bits per heavy atom. The number of hydrogen-bond acceptors (Lipinski definition) is 3. The van der Waals surface area contributed by atoms with Crippen LogP contribution in [0.2, 0.25) is 0 Å². The molecule has 6 heteroatoms. The van der Waals surface area contributed by atoms with Crippen LogP contribution >= 0.6 is 0 Å². The Morgan fingerprint density at radius 1 is 1.35 bits per heavy atom. The van der Waals surface area contributed by atoms with Gasteiger partial charge in [-0.25, -0.2) is 4.79 Å². The van der Waals surface area contributed by atoms with E-state index in [1.165, 1.54) is 0 Å². The molecule has 6 nitrogen and oxygen atoms in total. The van der Waals surface area contributed by atoms with Gasteiger partial charge in [0.05, 0.1) is 12.5 Å². The Morgan fingerprint density at radius 3 is 2.65 bits per heavy atom. The first kappa shape index (κ1) is 11.9. The van der Waals surface area contributed by atoms with Crippen molar-refractivity contribution in [1.82, 2.24) is 10.2 Å². The Labute approximate surface area is 99.0 Å². The lowest BCUT2D eigenvalue weighted by atomic mass is 9.79. The van der Waals surface area contributed by atoms with Crippen molar-refractivity contribution in [2.45, 2.75) is 25.7 Å². The molecule has 0 bridgehead atoms. The van der Waals surface area contributed by atoms with Gasteiger partial charge >= 0.3 is 12.0 Å². The second-order valence-electron chi connectivity index (χ2n) is 4.65. The Kier molecular flexibility index (Phi) is 3.31. The zero-order chi connectivity index (χ0) is 12.4. The number of nitrogens with one attached hydrogen (secondary N) is 1. The van der Waals surface area contributed by atoms with Gasteiger partial charge in [-0.2, -0.15) is 0 Å². The van der Waals surface area contributed by atoms with Crippen molar-refractivity contribution in [2.24, 2.45) is 11.8 Å². The average molecular weight is 240 g/mol. The first-order valence-electron chi connectivity index (χ1n) is 5.90. The molecule has 3 amide bonds. The molecule has 1 heterocycles. The summed E-state index contributed by atoms with van der Waals surface area (Å²) in [5, 5.41) is 11.6. The molecule has 2 unspecified atom stereocenters. The van der Waals surface area contributed by atoms with E-state index in [1.54, 1.807) is 0 Å². The molecule has 2 fully saturated rings. The van der Waals surface area contributed by atoms with E-state index in [0.717, 1.165) is 24.2 Å². The van der Waals surface area contributed by atoms with Crippen LogP contribution in [-0.4, -0.2) is 41.0 Å². The van der Waals surface area contributed by atoms with Crippen molar-refractivity contribution in [3.8, 4) is 0 Å². The van der Waals surface area contributed by atoms with Gasteiger partial charge in [0.25, 0.3) is 0 Å². The monoisotopic (exact) mass is 240 g/mol. The molecule has 0 aromatic heterocycles. The summed E-state index contributed by atoms with van der Waals surface area (Å²) in [6.07, 6.45) is 3.30. The van der Waals surface area contributed by atoms with Crippen LogP contribution in [0.4, 0.5) is 4.79 Å². The molecule has 2 atom stereocenters. The SMILES string of the molecule is O=C(O)C1CCCCC1CN1C(=O)CNC1=O. The highest BCUT2D eigenvalue weighted by Gasteiger charge is 2.36. The largest absolute Gasteiger partial charge is 0.481 e. The number of carboxylic acid groups (broad SMARTS) is 1. The third-order valence-electron chi connectivity index (χ3n) is 3.58. The average Bonchev–Trinajstić information content (AvgIpc) is 2.61. The molecule has 0 aromatic rings. The maximum Gasteiger partial charge on any atom is 0.324 e. The third-order valence-corrected chi connectivity index (χ3v) is 3.58. The van der Waals surface area contributed by atoms with Gasteiger partial charge in [0.1, 0.15) is 0 Å². The van der Waals surface area contributed by atoms with Crippen LogP contribution in [0.3, 0.4) is 0 Å². The highest BCUT2D eigenvalue weighted by molar-refractivity contribution is 6.01. The van der Waals surface area contributed by atoms with Crippen LogP contribution in [0.25, 0.3) is 0 Å². The molecule has 2 N–H and O–H groups in total. The molecule has 0 radical (unpaired) electrons. The Balaban J connectivity index is 2.03. The molecule has 1 aliphatic carbocycles. The predicted molar refractivity (Wildman–Crippen MR) is 58.2 cm³/mol. The molecular weight excluding hydrogens is 224 g/mol. The molecular formula is C11H16N2O4. The lowest BCUT2D eigenvalue weighted by Gasteiger charge is -2.30. The predicted octanol–water partition coefficient (Wildman–Crippen LogP) is 0.429. The zero-order valence-electron chi connectivity index (χ0n) is 9.52. The van der Waals surface area contributed by atoms with Gasteiger partial charge < -0.3 is 10.4 Å². The second-order valence-corrected chi connectivity index (χ2v) is 4.65. The smallest absolute Gasteiger partial charge is 0.324 e. The molecule has 94 valence electrons. The number of imide groups is 1. The van der Waals surface area contributed by atoms with E-state index in [4.69, 9.17) is 5.11 Å². The summed E-state index contributed by atoms with van der Waals surface area (Å²) in [5.41, 5.74) is 0. The van der Waals surface area contributed by atoms with Crippen molar-refractivity contribution in [1.29, 1.82) is 0 Å². The molecule has 2 rings (SSSR count). The van der Waals surface area contributed by atoms with Crippen LogP contribution < -0.4 is 5.32 Å². The van der Waals surface area contributed by atoms with Crippen LogP contribution in [0.15, 0.2) is 0 Å². The van der Waals surface area contributed by atoms with E-state index in [9.17, 15) is 14.4 Å². The quantitative estimate of drug-likeness (QED) is 0.700. The summed E-state index contributed by atoms with van der Waals surface area (Å²) in [6.45, 7) is 0.269. The van der Waals surface area contributed by atoms with Gasteiger partial charge in [-0.15, -0.1) is 0 Å². The highest BCUT2D eigenvalue weighted by atomic mass is 16.4. The maximum atomic E-state index is 11.4. The first-order valence-corrected chi connectivity index (χ1v) is 5.90. The normalized spacial score (nSPS) is 29.3. The maximum absolute atomic E-state index is 11.4. The van der Waals surface area contributed by atoms with E-state index in [1.807, 2.05) is 0 Å². The molecule has 1 saturated heterocycles. The summed E-state index contributed by atoms with van der Waals surface area (Å²) in [7, 11) is 0. The lowest BCUT2D eigenvalue weighted by Crippen LogP contribution is -2.40. The second kappa shape index (κ2) is 4.73. The minimum atomic E-state index is -0.818. The van der Waals surface area contributed by atoms with E-state index in [2.05, 4.69) is 5.32 Å². The van der Waals surface area contributed by atoms with Crippen LogP contribution in [-0.2, 0) is 9.59 Å². The Bertz CT molecular complexity index is 339. The molecule has 1 aliphatic heterocycles. The summed E-state index contributed by atoms with van der Waals surface area (Å²) in [6, 6.07) is -0.398. The highest BCUT2D eigenvalue weighted by Crippen LogP contribution is 2.31. The zero-order valence-corrected chi connectivity index (χ0v) is 9.52. The minimum Gasteiger partial charge on any atom is -0.481 e. The number of carbonyl (C=O) groups excluding carboxylic acids is 2. The molecule has 2 aliphatic rings. The van der Waals surface area contributed by atoms with Crippen molar-refractivity contribution in [3.63, 3.8) is 0 Å². The van der Waals surface area contributed by atoms with Crippen molar-refractivity contribution < 1.29 is 19.5 Å². The molecule has 17 heavy (non-hydrogen) atoms. The first-order chi connectivity index (χ1) is 8.09. The molecule has 0 aromatic carbocycles. The van der Waals surface area contributed by atoms with Crippen molar-refractivity contribution in [3.05, 3.63) is 0 Å². The van der Waals surface area contributed by atoms with Gasteiger partial charge in [0.15, 0.2) is 0 Å². The molecule has 1 saturated carbocycles. The van der Waals surface area contributed by atoms with Gasteiger partial charge in [0, 0.05) is 6.54 Å². The summed E-state index contributed by atoms with van der Waals surface area (Å²) >= 11 is 0. The molecule has 0 spiro atoms. The van der Waals surface area contributed by atoms with E-state index < -0.39 is 17.9 Å². The van der Waals surface area contributed by atoms with Gasteiger partial charge in [-0.3, -0.25) is 14.5 Å². The fraction of sp³-hybridized carbons (Fsp3) is 0.727.